The molecule has 0 radical (unpaired) electrons. The molecular formula is C19H27NO4. The standard InChI is InChI=1S/C19H27NO4/c1-3-20(16-8-6-5-7-9-16)18(21)14-24-17-12-10-15(11-13-17)19(22)23-4-2/h10-13,16H,3-9,14H2,1-2H3. The van der Waals surface area contributed by atoms with Crippen LogP contribution >= 0.6 is 0 Å². The lowest BCUT2D eigenvalue weighted by Crippen LogP contribution is -2.43. The van der Waals surface area contributed by atoms with E-state index < -0.39 is 0 Å². The molecule has 0 unspecified atom stereocenters. The highest BCUT2D eigenvalue weighted by Crippen LogP contribution is 2.22. The third-order valence-electron chi connectivity index (χ3n) is 4.40. The fourth-order valence-corrected chi connectivity index (χ4v) is 3.16. The molecule has 0 heterocycles. The molecule has 0 N–H and O–H groups in total. The van der Waals surface area contributed by atoms with Crippen LogP contribution in [-0.4, -0.2) is 42.6 Å². The lowest BCUT2D eigenvalue weighted by atomic mass is 9.94. The molecular weight excluding hydrogens is 306 g/mol. The van der Waals surface area contributed by atoms with Crippen molar-refractivity contribution in [3.8, 4) is 5.75 Å². The monoisotopic (exact) mass is 333 g/mol. The first kappa shape index (κ1) is 18.3. The van der Waals surface area contributed by atoms with Crippen molar-refractivity contribution in [3.63, 3.8) is 0 Å². The van der Waals surface area contributed by atoms with Gasteiger partial charge in [-0.05, 0) is 51.0 Å². The number of carbonyl (C=O) groups excluding carboxylic acids is 2. The maximum absolute atomic E-state index is 12.4. The van der Waals surface area contributed by atoms with Gasteiger partial charge in [0.25, 0.3) is 5.91 Å². The van der Waals surface area contributed by atoms with Crippen LogP contribution in [0, 0.1) is 0 Å². The first-order valence-corrected chi connectivity index (χ1v) is 8.85. The van der Waals surface area contributed by atoms with Gasteiger partial charge in [-0.3, -0.25) is 4.79 Å². The molecule has 0 atom stereocenters. The van der Waals surface area contributed by atoms with Crippen molar-refractivity contribution in [1.29, 1.82) is 0 Å². The van der Waals surface area contributed by atoms with Crippen LogP contribution in [0.3, 0.4) is 0 Å². The number of carbonyl (C=O) groups is 2. The quantitative estimate of drug-likeness (QED) is 0.718. The Kier molecular flexibility index (Phi) is 7.09. The second-order valence-electron chi connectivity index (χ2n) is 6.01. The van der Waals surface area contributed by atoms with Crippen LogP contribution in [0.1, 0.15) is 56.3 Å². The normalized spacial score (nSPS) is 14.9. The van der Waals surface area contributed by atoms with E-state index in [1.54, 1.807) is 31.2 Å². The number of ether oxygens (including phenoxy) is 2. The number of benzene rings is 1. The SMILES string of the molecule is CCOC(=O)c1ccc(OCC(=O)N(CC)C2CCCCC2)cc1. The van der Waals surface area contributed by atoms with Crippen molar-refractivity contribution in [3.05, 3.63) is 29.8 Å². The van der Waals surface area contributed by atoms with E-state index in [0.717, 1.165) is 12.8 Å². The molecule has 0 saturated heterocycles. The predicted molar refractivity (Wildman–Crippen MR) is 92.2 cm³/mol. The minimum absolute atomic E-state index is 0.0267. The van der Waals surface area contributed by atoms with E-state index in [1.807, 2.05) is 11.8 Å². The molecule has 5 nitrogen and oxygen atoms in total. The van der Waals surface area contributed by atoms with Crippen LogP contribution in [0.4, 0.5) is 0 Å². The van der Waals surface area contributed by atoms with Gasteiger partial charge in [0, 0.05) is 12.6 Å². The molecule has 1 amide bonds. The van der Waals surface area contributed by atoms with Gasteiger partial charge < -0.3 is 14.4 Å². The first-order valence-electron chi connectivity index (χ1n) is 8.85. The smallest absolute Gasteiger partial charge is 0.338 e. The highest BCUT2D eigenvalue weighted by molar-refractivity contribution is 5.89. The summed E-state index contributed by atoms with van der Waals surface area (Å²) >= 11 is 0. The Morgan fingerprint density at radius 2 is 1.75 bits per heavy atom. The molecule has 5 heteroatoms. The number of amides is 1. The Hall–Kier alpha value is -2.04. The molecule has 0 aromatic heterocycles. The Morgan fingerprint density at radius 3 is 2.33 bits per heavy atom. The summed E-state index contributed by atoms with van der Waals surface area (Å²) in [6.45, 7) is 4.88. The molecule has 1 saturated carbocycles. The summed E-state index contributed by atoms with van der Waals surface area (Å²) in [6.07, 6.45) is 5.85. The minimum Gasteiger partial charge on any atom is -0.484 e. The summed E-state index contributed by atoms with van der Waals surface area (Å²) in [5, 5.41) is 0. The highest BCUT2D eigenvalue weighted by Gasteiger charge is 2.24. The van der Waals surface area contributed by atoms with Gasteiger partial charge in [0.1, 0.15) is 5.75 Å². The molecule has 1 aromatic carbocycles. The molecule has 24 heavy (non-hydrogen) atoms. The van der Waals surface area contributed by atoms with Gasteiger partial charge in [0.05, 0.1) is 12.2 Å². The fraction of sp³-hybridized carbons (Fsp3) is 0.579. The highest BCUT2D eigenvalue weighted by atomic mass is 16.5. The molecule has 1 fully saturated rings. The van der Waals surface area contributed by atoms with Crippen LogP contribution < -0.4 is 4.74 Å². The van der Waals surface area contributed by atoms with Crippen LogP contribution in [0.25, 0.3) is 0 Å². The summed E-state index contributed by atoms with van der Waals surface area (Å²) in [7, 11) is 0. The van der Waals surface area contributed by atoms with Crippen LogP contribution in [-0.2, 0) is 9.53 Å². The van der Waals surface area contributed by atoms with Crippen LogP contribution in [0.5, 0.6) is 5.75 Å². The lowest BCUT2D eigenvalue weighted by molar-refractivity contribution is -0.136. The first-order chi connectivity index (χ1) is 11.7. The average molecular weight is 333 g/mol. The van der Waals surface area contributed by atoms with Gasteiger partial charge in [-0.15, -0.1) is 0 Å². The van der Waals surface area contributed by atoms with Gasteiger partial charge in [-0.25, -0.2) is 4.79 Å². The number of rotatable bonds is 7. The Morgan fingerprint density at radius 1 is 1.08 bits per heavy atom. The van der Waals surface area contributed by atoms with E-state index in [0.29, 0.717) is 30.5 Å². The topological polar surface area (TPSA) is 55.8 Å². The molecule has 0 bridgehead atoms. The molecule has 0 aliphatic heterocycles. The molecule has 132 valence electrons. The largest absolute Gasteiger partial charge is 0.484 e. The van der Waals surface area contributed by atoms with Crippen molar-refractivity contribution in [2.24, 2.45) is 0 Å². The second-order valence-corrected chi connectivity index (χ2v) is 6.01. The van der Waals surface area contributed by atoms with E-state index >= 15 is 0 Å². The van der Waals surface area contributed by atoms with Gasteiger partial charge >= 0.3 is 5.97 Å². The maximum atomic E-state index is 12.4. The summed E-state index contributed by atoms with van der Waals surface area (Å²) in [6, 6.07) is 7.03. The molecule has 1 aliphatic rings. The third kappa shape index (κ3) is 4.98. The zero-order chi connectivity index (χ0) is 17.4. The second kappa shape index (κ2) is 9.30. The van der Waals surface area contributed by atoms with Crippen molar-refractivity contribution in [2.75, 3.05) is 19.8 Å². The summed E-state index contributed by atoms with van der Waals surface area (Å²) in [5.41, 5.74) is 0.480. The average Bonchev–Trinajstić information content (AvgIpc) is 2.62. The summed E-state index contributed by atoms with van der Waals surface area (Å²) in [5.74, 6) is 0.254. The van der Waals surface area contributed by atoms with E-state index in [2.05, 4.69) is 0 Å². The van der Waals surface area contributed by atoms with Gasteiger partial charge in [0.2, 0.25) is 0 Å². The molecule has 2 rings (SSSR count). The molecule has 0 spiro atoms. The Bertz CT molecular complexity index is 535. The minimum atomic E-state index is -0.352. The Balaban J connectivity index is 1.87. The van der Waals surface area contributed by atoms with E-state index in [-0.39, 0.29) is 18.5 Å². The third-order valence-corrected chi connectivity index (χ3v) is 4.40. The fourth-order valence-electron chi connectivity index (χ4n) is 3.16. The molecule has 1 aromatic rings. The van der Waals surface area contributed by atoms with Crippen molar-refractivity contribution >= 4 is 11.9 Å². The zero-order valence-corrected chi connectivity index (χ0v) is 14.6. The summed E-state index contributed by atoms with van der Waals surface area (Å²) in [4.78, 5) is 26.0. The van der Waals surface area contributed by atoms with Crippen molar-refractivity contribution in [1.82, 2.24) is 4.90 Å². The van der Waals surface area contributed by atoms with Gasteiger partial charge in [0.15, 0.2) is 6.61 Å². The number of hydrogen-bond acceptors (Lipinski definition) is 4. The number of esters is 1. The van der Waals surface area contributed by atoms with Crippen LogP contribution in [0.15, 0.2) is 24.3 Å². The van der Waals surface area contributed by atoms with E-state index in [9.17, 15) is 9.59 Å². The van der Waals surface area contributed by atoms with Crippen molar-refractivity contribution in [2.45, 2.75) is 52.0 Å². The Labute approximate surface area is 143 Å². The maximum Gasteiger partial charge on any atom is 0.338 e. The zero-order valence-electron chi connectivity index (χ0n) is 14.6. The lowest BCUT2D eigenvalue weighted by Gasteiger charge is -2.33. The molecule has 1 aliphatic carbocycles. The van der Waals surface area contributed by atoms with Crippen LogP contribution in [0.2, 0.25) is 0 Å². The van der Waals surface area contributed by atoms with E-state index in [1.165, 1.54) is 19.3 Å². The van der Waals surface area contributed by atoms with Gasteiger partial charge in [-0.2, -0.15) is 0 Å². The summed E-state index contributed by atoms with van der Waals surface area (Å²) < 4.78 is 10.5. The van der Waals surface area contributed by atoms with Crippen molar-refractivity contribution < 1.29 is 19.1 Å². The van der Waals surface area contributed by atoms with E-state index in [4.69, 9.17) is 9.47 Å². The number of hydrogen-bond donors (Lipinski definition) is 0. The predicted octanol–water partition coefficient (Wildman–Crippen LogP) is 3.42. The number of nitrogens with zero attached hydrogens (tertiary/aromatic N) is 1. The number of likely N-dealkylation sites (N-methyl/N-ethyl adjacent to an activating group) is 1. The van der Waals surface area contributed by atoms with Gasteiger partial charge in [-0.1, -0.05) is 19.3 Å².